The van der Waals surface area contributed by atoms with Gasteiger partial charge >= 0.3 is 0 Å². The monoisotopic (exact) mass is 289 g/mol. The molecule has 3 atom stereocenters. The van der Waals surface area contributed by atoms with Crippen molar-refractivity contribution in [2.45, 2.75) is 32.3 Å². The van der Waals surface area contributed by atoms with Crippen LogP contribution in [0.3, 0.4) is 0 Å². The molecule has 0 aromatic heterocycles. The Morgan fingerprint density at radius 3 is 2.94 bits per heavy atom. The Kier molecular flexibility index (Phi) is 4.25. The molecule has 0 aromatic carbocycles. The third-order valence-electron chi connectivity index (χ3n) is 3.74. The summed E-state index contributed by atoms with van der Waals surface area (Å²) in [6.45, 7) is 4.62. The van der Waals surface area contributed by atoms with Crippen LogP contribution < -0.4 is 0 Å². The number of hydrogen-bond acceptors (Lipinski definition) is 2. The molecule has 3 unspecified atom stereocenters. The van der Waals surface area contributed by atoms with Gasteiger partial charge in [0.15, 0.2) is 0 Å². The van der Waals surface area contributed by atoms with E-state index in [4.69, 9.17) is 4.74 Å². The average Bonchev–Trinajstić information content (AvgIpc) is 2.74. The van der Waals surface area contributed by atoms with Gasteiger partial charge in [-0.3, -0.25) is 4.79 Å². The van der Waals surface area contributed by atoms with Crippen molar-refractivity contribution in [3.63, 3.8) is 0 Å². The number of amides is 1. The molecule has 2 aliphatic heterocycles. The smallest absolute Gasteiger partial charge is 0.228 e. The molecule has 2 aliphatic rings. The standard InChI is InChI=1S/C12H20BrNO2/c1-9-11(4-6-16-9)12(15)14-5-2-3-10(7-13)8-14/h9-11H,2-8H2,1H3. The van der Waals surface area contributed by atoms with Crippen molar-refractivity contribution in [3.05, 3.63) is 0 Å². The highest BCUT2D eigenvalue weighted by atomic mass is 79.9. The van der Waals surface area contributed by atoms with Crippen LogP contribution in [0.1, 0.15) is 26.2 Å². The zero-order valence-corrected chi connectivity index (χ0v) is 11.4. The quantitative estimate of drug-likeness (QED) is 0.728. The maximum absolute atomic E-state index is 12.3. The minimum absolute atomic E-state index is 0.106. The van der Waals surface area contributed by atoms with E-state index in [9.17, 15) is 4.79 Å². The molecule has 2 heterocycles. The fraction of sp³-hybridized carbons (Fsp3) is 0.917. The van der Waals surface area contributed by atoms with Gasteiger partial charge < -0.3 is 9.64 Å². The number of halogens is 1. The van der Waals surface area contributed by atoms with Gasteiger partial charge in [0.2, 0.25) is 5.91 Å². The van der Waals surface area contributed by atoms with Crippen LogP contribution in [0.15, 0.2) is 0 Å². The van der Waals surface area contributed by atoms with Crippen molar-refractivity contribution in [3.8, 4) is 0 Å². The summed E-state index contributed by atoms with van der Waals surface area (Å²) in [6.07, 6.45) is 3.39. The van der Waals surface area contributed by atoms with Gasteiger partial charge in [-0.05, 0) is 32.1 Å². The number of likely N-dealkylation sites (tertiary alicyclic amines) is 1. The second-order valence-corrected chi connectivity index (χ2v) is 5.57. The van der Waals surface area contributed by atoms with Crippen LogP contribution >= 0.6 is 15.9 Å². The maximum atomic E-state index is 12.3. The van der Waals surface area contributed by atoms with Gasteiger partial charge in [-0.1, -0.05) is 15.9 Å². The van der Waals surface area contributed by atoms with E-state index >= 15 is 0 Å². The molecule has 92 valence electrons. The highest BCUT2D eigenvalue weighted by Crippen LogP contribution is 2.26. The zero-order chi connectivity index (χ0) is 11.5. The van der Waals surface area contributed by atoms with Crippen molar-refractivity contribution < 1.29 is 9.53 Å². The van der Waals surface area contributed by atoms with E-state index in [1.807, 2.05) is 11.8 Å². The zero-order valence-electron chi connectivity index (χ0n) is 9.82. The van der Waals surface area contributed by atoms with Crippen molar-refractivity contribution in [2.24, 2.45) is 11.8 Å². The molecule has 2 saturated heterocycles. The highest BCUT2D eigenvalue weighted by molar-refractivity contribution is 9.09. The number of carbonyl (C=O) groups excluding carboxylic acids is 1. The molecule has 0 spiro atoms. The summed E-state index contributed by atoms with van der Waals surface area (Å²) < 4.78 is 5.47. The van der Waals surface area contributed by atoms with Gasteiger partial charge in [0.25, 0.3) is 0 Å². The summed E-state index contributed by atoms with van der Waals surface area (Å²) in [5, 5.41) is 1.01. The Labute approximate surface area is 106 Å². The number of rotatable bonds is 2. The lowest BCUT2D eigenvalue weighted by Gasteiger charge is -2.34. The van der Waals surface area contributed by atoms with Crippen LogP contribution in [0, 0.1) is 11.8 Å². The average molecular weight is 290 g/mol. The molecule has 3 nitrogen and oxygen atoms in total. The molecule has 0 bridgehead atoms. The first-order chi connectivity index (χ1) is 7.72. The van der Waals surface area contributed by atoms with Crippen LogP contribution in [-0.4, -0.2) is 41.9 Å². The van der Waals surface area contributed by atoms with Crippen molar-refractivity contribution in [2.75, 3.05) is 25.0 Å². The number of hydrogen-bond donors (Lipinski definition) is 0. The van der Waals surface area contributed by atoms with Crippen LogP contribution in [0.2, 0.25) is 0 Å². The first kappa shape index (κ1) is 12.4. The Hall–Kier alpha value is -0.0900. The van der Waals surface area contributed by atoms with Gasteiger partial charge in [0.1, 0.15) is 0 Å². The van der Waals surface area contributed by atoms with Crippen molar-refractivity contribution in [1.29, 1.82) is 0 Å². The Morgan fingerprint density at radius 2 is 2.31 bits per heavy atom. The Morgan fingerprint density at radius 1 is 1.50 bits per heavy atom. The van der Waals surface area contributed by atoms with Crippen LogP contribution in [0.4, 0.5) is 0 Å². The van der Waals surface area contributed by atoms with Crippen molar-refractivity contribution >= 4 is 21.8 Å². The number of piperidine rings is 1. The Bertz CT molecular complexity index is 259. The van der Waals surface area contributed by atoms with Crippen molar-refractivity contribution in [1.82, 2.24) is 4.90 Å². The summed E-state index contributed by atoms with van der Waals surface area (Å²) in [4.78, 5) is 14.3. The molecule has 1 amide bonds. The SMILES string of the molecule is CC1OCCC1C(=O)N1CCCC(CBr)C1. The summed E-state index contributed by atoms with van der Waals surface area (Å²) >= 11 is 3.52. The summed E-state index contributed by atoms with van der Waals surface area (Å²) in [5.41, 5.74) is 0. The first-order valence-corrected chi connectivity index (χ1v) is 7.31. The first-order valence-electron chi connectivity index (χ1n) is 6.18. The third-order valence-corrected chi connectivity index (χ3v) is 4.66. The van der Waals surface area contributed by atoms with Gasteiger partial charge in [0, 0.05) is 25.0 Å². The minimum atomic E-state index is 0.106. The predicted molar refractivity (Wildman–Crippen MR) is 66.6 cm³/mol. The largest absolute Gasteiger partial charge is 0.378 e. The van der Waals surface area contributed by atoms with E-state index in [1.165, 1.54) is 6.42 Å². The van der Waals surface area contributed by atoms with Gasteiger partial charge in [-0.25, -0.2) is 0 Å². The number of nitrogens with zero attached hydrogens (tertiary/aromatic N) is 1. The lowest BCUT2D eigenvalue weighted by atomic mass is 9.96. The molecule has 0 saturated carbocycles. The van der Waals surface area contributed by atoms with Gasteiger partial charge in [-0.2, -0.15) is 0 Å². The van der Waals surface area contributed by atoms with E-state index in [1.54, 1.807) is 0 Å². The lowest BCUT2D eigenvalue weighted by molar-refractivity contribution is -0.138. The highest BCUT2D eigenvalue weighted by Gasteiger charge is 2.35. The molecule has 0 aromatic rings. The maximum Gasteiger partial charge on any atom is 0.228 e. The molecule has 0 radical (unpaired) electrons. The predicted octanol–water partition coefficient (Wildman–Crippen LogP) is 2.04. The van der Waals surface area contributed by atoms with Crippen LogP contribution in [-0.2, 0) is 9.53 Å². The van der Waals surface area contributed by atoms with Crippen LogP contribution in [0.5, 0.6) is 0 Å². The van der Waals surface area contributed by atoms with E-state index in [-0.39, 0.29) is 12.0 Å². The lowest BCUT2D eigenvalue weighted by Crippen LogP contribution is -2.44. The molecule has 2 fully saturated rings. The molecule has 16 heavy (non-hydrogen) atoms. The normalized spacial score (nSPS) is 35.4. The molecule has 4 heteroatoms. The second-order valence-electron chi connectivity index (χ2n) is 4.92. The number of alkyl halides is 1. The summed E-state index contributed by atoms with van der Waals surface area (Å²) in [5.74, 6) is 1.06. The summed E-state index contributed by atoms with van der Waals surface area (Å²) in [7, 11) is 0. The topological polar surface area (TPSA) is 29.5 Å². The third kappa shape index (κ3) is 2.59. The minimum Gasteiger partial charge on any atom is -0.378 e. The van der Waals surface area contributed by atoms with Gasteiger partial charge in [0.05, 0.1) is 12.0 Å². The molecule has 0 aliphatic carbocycles. The van der Waals surface area contributed by atoms with E-state index in [0.29, 0.717) is 11.8 Å². The number of carbonyl (C=O) groups is 1. The van der Waals surface area contributed by atoms with E-state index in [0.717, 1.165) is 37.9 Å². The fourth-order valence-electron chi connectivity index (χ4n) is 2.68. The second kappa shape index (κ2) is 5.50. The number of ether oxygens (including phenoxy) is 1. The van der Waals surface area contributed by atoms with Gasteiger partial charge in [-0.15, -0.1) is 0 Å². The molecule has 0 N–H and O–H groups in total. The molecular formula is C12H20BrNO2. The fourth-order valence-corrected chi connectivity index (χ4v) is 3.21. The van der Waals surface area contributed by atoms with E-state index in [2.05, 4.69) is 15.9 Å². The molecule has 2 rings (SSSR count). The van der Waals surface area contributed by atoms with Crippen LogP contribution in [0.25, 0.3) is 0 Å². The summed E-state index contributed by atoms with van der Waals surface area (Å²) in [6, 6.07) is 0. The van der Waals surface area contributed by atoms with E-state index < -0.39 is 0 Å². The Balaban J connectivity index is 1.93. The molecular weight excluding hydrogens is 270 g/mol.